The van der Waals surface area contributed by atoms with Gasteiger partial charge in [0, 0.05) is 115 Å². The highest BCUT2D eigenvalue weighted by molar-refractivity contribution is 6.18. The number of carbonyl (C=O) groups is 9. The van der Waals surface area contributed by atoms with E-state index in [-0.39, 0.29) is 55.6 Å². The number of Topliss-reactive ketones (excluding diaryl/α,β-unsaturated/α-hetero) is 1. The van der Waals surface area contributed by atoms with Crippen molar-refractivity contribution in [2.24, 2.45) is 40.4 Å². The number of ether oxygens (including phenoxy) is 1. The molecule has 3 unspecified atom stereocenters. The maximum Gasteiger partial charge on any atom is 0.410 e. The van der Waals surface area contributed by atoms with E-state index in [2.05, 4.69) is 150 Å². The van der Waals surface area contributed by atoms with Gasteiger partial charge >= 0.3 is 30.0 Å². The molecule has 132 heavy (non-hydrogen) atoms. The molecule has 0 radical (unpaired) electrons. The summed E-state index contributed by atoms with van der Waals surface area (Å²) in [5.41, 5.74) is 27.3. The summed E-state index contributed by atoms with van der Waals surface area (Å²) in [4.78, 5) is 112. The maximum absolute atomic E-state index is 15.2. The highest BCUT2D eigenvalue weighted by Crippen LogP contribution is 2.36. The van der Waals surface area contributed by atoms with Crippen LogP contribution in [0.5, 0.6) is 0 Å². The van der Waals surface area contributed by atoms with Crippen LogP contribution in [0.4, 0.5) is 31.9 Å². The maximum atomic E-state index is 15.2. The number of ketones is 1. The zero-order valence-electron chi connectivity index (χ0n) is 78.2. The Morgan fingerprint density at radius 3 is 1.12 bits per heavy atom. The lowest BCUT2D eigenvalue weighted by Gasteiger charge is -2.42. The summed E-state index contributed by atoms with van der Waals surface area (Å²) >= 11 is 0. The first-order chi connectivity index (χ1) is 62.3. The second kappa shape index (κ2) is 52.9. The van der Waals surface area contributed by atoms with Gasteiger partial charge in [-0.25, -0.2) is 37.5 Å². The van der Waals surface area contributed by atoms with Crippen LogP contribution in [0.1, 0.15) is 224 Å². The number of piperazine rings is 1. The van der Waals surface area contributed by atoms with E-state index in [1.807, 2.05) is 24.2 Å². The zero-order valence-corrected chi connectivity index (χ0v) is 78.2. The minimum atomic E-state index is -1.33. The Bertz CT molecular complexity index is 5090. The van der Waals surface area contributed by atoms with Crippen LogP contribution < -0.4 is 27.4 Å². The molecular formula is C91H128FN23O17. The lowest BCUT2D eigenvalue weighted by atomic mass is 9.82. The van der Waals surface area contributed by atoms with Crippen molar-refractivity contribution in [3.8, 4) is 0 Å². The van der Waals surface area contributed by atoms with Gasteiger partial charge in [-0.2, -0.15) is 0 Å². The molecule has 6 heterocycles. The number of hydrogen-bond acceptors (Lipinski definition) is 26. The van der Waals surface area contributed by atoms with Gasteiger partial charge in [0.1, 0.15) is 54.3 Å². The molecule has 4 aromatic carbocycles. The predicted molar refractivity (Wildman–Crippen MR) is 492 cm³/mol. The summed E-state index contributed by atoms with van der Waals surface area (Å²) in [5, 5.41) is 105. The number of nitrogens with two attached hydrogens (primary N) is 2. The highest BCUT2D eigenvalue weighted by Gasteiger charge is 2.42. The third-order valence-corrected chi connectivity index (χ3v) is 22.6. The number of carboxylic acids is 4. The van der Waals surface area contributed by atoms with Gasteiger partial charge in [0.25, 0.3) is 0 Å². The van der Waals surface area contributed by atoms with Crippen molar-refractivity contribution < 1.29 is 88.0 Å². The van der Waals surface area contributed by atoms with E-state index in [0.29, 0.717) is 96.9 Å². The number of benzene rings is 4. The largest absolute Gasteiger partial charge is 0.481 e. The van der Waals surface area contributed by atoms with Gasteiger partial charge in [0.05, 0.1) is 60.3 Å². The van der Waals surface area contributed by atoms with Crippen LogP contribution >= 0.6 is 0 Å². The molecule has 2 aliphatic heterocycles. The average Bonchev–Trinajstić information content (AvgIpc) is 1.05. The van der Waals surface area contributed by atoms with Crippen molar-refractivity contribution in [3.63, 3.8) is 0 Å². The monoisotopic (exact) mass is 1830 g/mol. The Morgan fingerprint density at radius 2 is 0.833 bits per heavy atom. The summed E-state index contributed by atoms with van der Waals surface area (Å²) in [7, 11) is 0. The molecule has 1 saturated heterocycles. The first-order valence-electron chi connectivity index (χ1n) is 43.3. The minimum absolute atomic E-state index is 0.0135. The predicted octanol–water partition coefficient (Wildman–Crippen LogP) is 12.2. The van der Waals surface area contributed by atoms with E-state index < -0.39 is 89.8 Å². The van der Waals surface area contributed by atoms with Crippen molar-refractivity contribution in [2.75, 3.05) is 54.4 Å². The number of nitrogens with one attached hydrogen (secondary N) is 3. The Hall–Kier alpha value is -13.6. The summed E-state index contributed by atoms with van der Waals surface area (Å²) < 4.78 is 26.9. The number of allylic oxidation sites excluding steroid dienone is 1. The van der Waals surface area contributed by atoms with Crippen LogP contribution in [0.25, 0.3) is 10.4 Å². The Labute approximate surface area is 767 Å². The lowest BCUT2D eigenvalue weighted by Crippen LogP contribution is -2.50. The number of carbonyl (C=O) groups excluding carboxylic acids is 5. The molecule has 40 nitrogen and oxygen atoms in total. The summed E-state index contributed by atoms with van der Waals surface area (Å²) in [6.45, 7) is 38.7. The quantitative estimate of drug-likeness (QED) is 0.00654. The van der Waals surface area contributed by atoms with Gasteiger partial charge in [-0.1, -0.05) is 158 Å². The summed E-state index contributed by atoms with van der Waals surface area (Å²) in [6.07, 6.45) is 10.9. The number of aliphatic hydroxyl groups is 3. The third-order valence-electron chi connectivity index (χ3n) is 22.6. The van der Waals surface area contributed by atoms with E-state index in [4.69, 9.17) is 52.4 Å². The fourth-order valence-corrected chi connectivity index (χ4v) is 12.0. The number of aromatic nitrogens is 12. The molecule has 0 bridgehead atoms. The van der Waals surface area contributed by atoms with Crippen LogP contribution in [0.2, 0.25) is 0 Å². The van der Waals surface area contributed by atoms with Crippen LogP contribution in [0, 0.1) is 29.6 Å². The number of halogens is 1. The number of hydrogen-bond donors (Lipinski definition) is 12. The number of rotatable bonds is 30. The first-order valence-corrected chi connectivity index (χ1v) is 43.3. The molecule has 1 fully saturated rings. The standard InChI is InChI=1S/C34H42FN7O6.2C17H24N4O2.C10H17N3O2.C7H9NO.C3H5N3O2.C3H7NO2/c1-6-39-17-26(33(45)46)31(43)25-15-27(35)30(16-29(25)39)40-11-13-41(14-12-40)34(47)48-19-23-7-9-24(10-8-23)36-32(44)22(5)42-18-28(37-38-42)21(4)20(2)3;2*1-11(2)12(3)16-9-21(20-19-16)13(4)17(23)18-15-7-5-14(10-22)6-8-15;1-6(2)7(3)9-5-13(12-11-9)8(4)10(14)15;8-7-3-1-6(5-9)2-4-7;1-2(3(7)8)5-6-4;1-2(4)3(5)6/h7-10,15-18,20-22,25,29H,6,11-14,19H2,1-5H3,(H,36,44)(H,45,46);2*5-9,11-13,22H,10H2,1-4H3,(H,18,23);5-8H,1-4H3,(H,14,15);1-4,9H,5,8H2;2H,1H3,(H,7,8);2H,4H2,1H3,(H,5,6)/t21-,22-,25?,29?;12-,13+;12-,13-;7?,8-;;2*2-/m0100.00/s1. The normalized spacial score (nSPS) is 16.1. The second-order valence-corrected chi connectivity index (χ2v) is 33.4. The van der Waals surface area contributed by atoms with Crippen molar-refractivity contribution in [2.45, 2.75) is 224 Å². The topological polar surface area (TPSA) is 574 Å². The molecule has 41 heteroatoms. The molecule has 1 aliphatic carbocycles. The number of aliphatic carboxylic acids is 4. The summed E-state index contributed by atoms with van der Waals surface area (Å²) in [6, 6.07) is 24.0. The molecule has 4 amide bonds. The molecule has 0 spiro atoms. The Morgan fingerprint density at radius 1 is 0.500 bits per heavy atom. The molecular weight excluding hydrogens is 1710 g/mol. The molecule has 11 rings (SSSR count). The molecule has 716 valence electrons. The van der Waals surface area contributed by atoms with E-state index in [1.165, 1.54) is 30.8 Å². The lowest BCUT2D eigenvalue weighted by molar-refractivity contribution is -0.141. The van der Waals surface area contributed by atoms with Gasteiger partial charge in [-0.05, 0) is 161 Å². The van der Waals surface area contributed by atoms with E-state index in [1.54, 1.807) is 167 Å². The number of azide groups is 1. The molecule has 4 aromatic heterocycles. The number of carboxylic acid groups (broad SMARTS) is 4. The number of amides is 4. The second-order valence-electron chi connectivity index (χ2n) is 33.4. The molecule has 14 N–H and O–H groups in total. The van der Waals surface area contributed by atoms with Crippen LogP contribution in [0.15, 0.2) is 162 Å². The highest BCUT2D eigenvalue weighted by atomic mass is 19.1. The number of aliphatic hydroxyl groups excluding tert-OH is 3. The van der Waals surface area contributed by atoms with Crippen molar-refractivity contribution in [3.05, 3.63) is 213 Å². The Kier molecular flexibility index (Phi) is 43.6. The fraction of sp³-hybridized carbons (Fsp3) is 0.484. The fourth-order valence-electron chi connectivity index (χ4n) is 12.0. The molecule has 3 aliphatic rings. The Balaban J connectivity index is 0.000000308. The average molecular weight is 1840 g/mol. The van der Waals surface area contributed by atoms with E-state index in [9.17, 15) is 48.3 Å². The van der Waals surface area contributed by atoms with Gasteiger partial charge in [-0.3, -0.25) is 28.8 Å². The number of likely N-dealkylation sites (N-methyl/N-ethyl adjacent to an activating group) is 1. The third kappa shape index (κ3) is 33.1. The molecule has 12 atom stereocenters. The van der Waals surface area contributed by atoms with Gasteiger partial charge in [0.15, 0.2) is 5.78 Å². The first kappa shape index (κ1) is 109. The van der Waals surface area contributed by atoms with E-state index in [0.717, 1.165) is 50.7 Å². The van der Waals surface area contributed by atoms with E-state index >= 15 is 4.39 Å². The number of anilines is 4. The van der Waals surface area contributed by atoms with Gasteiger partial charge in [-0.15, -0.1) is 20.4 Å². The smallest absolute Gasteiger partial charge is 0.410 e. The SMILES string of the molecule is CC(C)C(C)c1cn([C@@H](C)C(=O)O)nn1.CC(C)[C@@H](C)c1cn([C@@H](C)C(=O)Nc2ccc(CO)cc2)nn1.CC(C)[C@H](C)c1cn([C@@H](C)C(=O)Nc2ccc(CO)cc2)nn1.CCN1C=C(C(=O)O)C(=O)C2C=C(F)C(N3CCN(C(=O)OCc4ccc(NC(=O)[C@H](C)n5cc([C@@H](C)C(C)C)nn5)cc4)CC3)=CC21.C[C@H](N)C(=O)O.C[C@H](N=[N+]=[N-])C(=O)O.Nc1ccc(CO)cc1. The van der Waals surface area contributed by atoms with Crippen LogP contribution in [-0.2, 0) is 69.5 Å². The van der Waals surface area contributed by atoms with Gasteiger partial charge < -0.3 is 82.6 Å². The number of fused-ring (bicyclic) bond motifs is 1. The van der Waals surface area contributed by atoms with Crippen LogP contribution in [0.3, 0.4) is 0 Å². The van der Waals surface area contributed by atoms with Crippen molar-refractivity contribution in [1.29, 1.82) is 0 Å². The minimum Gasteiger partial charge on any atom is -0.481 e. The molecule has 8 aromatic rings. The molecule has 0 saturated carbocycles. The van der Waals surface area contributed by atoms with Crippen molar-refractivity contribution >= 4 is 76.2 Å². The number of nitrogens with zero attached hydrogens (tertiary/aromatic N) is 18. The van der Waals surface area contributed by atoms with Crippen LogP contribution in [-0.4, -0.2) is 215 Å². The number of nitrogen functional groups attached to an aromatic ring is 1. The summed E-state index contributed by atoms with van der Waals surface area (Å²) in [5.74, 6) is -4.05. The van der Waals surface area contributed by atoms with Crippen molar-refractivity contribution in [1.82, 2.24) is 74.7 Å². The zero-order chi connectivity index (χ0) is 98.7. The van der Waals surface area contributed by atoms with Gasteiger partial charge in [0.2, 0.25) is 17.7 Å².